The minimum Gasteiger partial charge on any atom is -0.478 e. The molecule has 7 nitrogen and oxygen atoms in total. The lowest BCUT2D eigenvalue weighted by molar-refractivity contribution is -0.867. The SMILES string of the molecule is C[N+](C)(C)CC[PH](=O)CC/C(C(=O)O)=C(\CCO)C(=O)O. The standard InChI is InChI=1S/C13H24NO6P/c1-14(2,3)6-9-21(20)8-5-11(13(18)19)10(4-7-15)12(16)17/h15,21H,4-9H2,1-3H3,(H-,16,17,18,19)/p+1/b11-10-. The van der Waals surface area contributed by atoms with Crippen LogP contribution in [-0.2, 0) is 14.2 Å². The number of carbonyl (C=O) groups is 2. The average molecular weight is 322 g/mol. The smallest absolute Gasteiger partial charge is 0.332 e. The first-order valence-electron chi connectivity index (χ1n) is 6.70. The number of carboxylic acid groups (broad SMARTS) is 2. The molecule has 0 aromatic heterocycles. The molecular formula is C13H25NO6P+. The Morgan fingerprint density at radius 2 is 1.43 bits per heavy atom. The van der Waals surface area contributed by atoms with Crippen LogP contribution in [0.4, 0.5) is 0 Å². The zero-order chi connectivity index (χ0) is 16.6. The Balaban J connectivity index is 4.80. The Labute approximate surface area is 125 Å². The third kappa shape index (κ3) is 8.65. The van der Waals surface area contributed by atoms with Crippen molar-refractivity contribution in [2.24, 2.45) is 0 Å². The molecule has 3 N–H and O–H groups in total. The molecule has 0 aromatic rings. The monoisotopic (exact) mass is 322 g/mol. The molecular weight excluding hydrogens is 297 g/mol. The molecule has 21 heavy (non-hydrogen) atoms. The number of quaternary nitrogens is 1. The van der Waals surface area contributed by atoms with Crippen LogP contribution >= 0.6 is 7.80 Å². The van der Waals surface area contributed by atoms with Gasteiger partial charge in [-0.3, -0.25) is 0 Å². The van der Waals surface area contributed by atoms with Gasteiger partial charge >= 0.3 is 11.9 Å². The molecule has 0 saturated heterocycles. The van der Waals surface area contributed by atoms with E-state index in [1.54, 1.807) is 0 Å². The summed E-state index contributed by atoms with van der Waals surface area (Å²) in [6.07, 6.45) is 0.403. The largest absolute Gasteiger partial charge is 0.478 e. The van der Waals surface area contributed by atoms with Gasteiger partial charge in [-0.25, -0.2) is 9.59 Å². The highest BCUT2D eigenvalue weighted by molar-refractivity contribution is 7.44. The van der Waals surface area contributed by atoms with E-state index in [0.29, 0.717) is 17.2 Å². The van der Waals surface area contributed by atoms with Crippen LogP contribution in [0.5, 0.6) is 0 Å². The van der Waals surface area contributed by atoms with Crippen molar-refractivity contribution in [2.45, 2.75) is 12.8 Å². The molecule has 0 aromatic carbocycles. The molecule has 0 fully saturated rings. The van der Waals surface area contributed by atoms with Gasteiger partial charge in [0, 0.05) is 36.5 Å². The minimum atomic E-state index is -1.94. The average Bonchev–Trinajstić information content (AvgIpc) is 2.33. The first-order chi connectivity index (χ1) is 9.58. The summed E-state index contributed by atoms with van der Waals surface area (Å²) in [7, 11) is 3.98. The molecule has 0 aliphatic heterocycles. The second-order valence-corrected chi connectivity index (χ2v) is 7.92. The van der Waals surface area contributed by atoms with Crippen molar-refractivity contribution in [1.82, 2.24) is 0 Å². The van der Waals surface area contributed by atoms with Crippen LogP contribution in [-0.4, -0.2) is 78.4 Å². The highest BCUT2D eigenvalue weighted by atomic mass is 31.1. The van der Waals surface area contributed by atoms with Crippen LogP contribution in [0.2, 0.25) is 0 Å². The highest BCUT2D eigenvalue weighted by Crippen LogP contribution is 2.25. The fraction of sp³-hybridized carbons (Fsp3) is 0.692. The second kappa shape index (κ2) is 8.97. The van der Waals surface area contributed by atoms with Gasteiger partial charge in [-0.2, -0.15) is 0 Å². The molecule has 0 spiro atoms. The van der Waals surface area contributed by atoms with E-state index in [2.05, 4.69) is 0 Å². The summed E-state index contributed by atoms with van der Waals surface area (Å²) in [6.45, 7) is 0.279. The fourth-order valence-corrected chi connectivity index (χ4v) is 3.43. The minimum absolute atomic E-state index is 0.0497. The van der Waals surface area contributed by atoms with E-state index in [-0.39, 0.29) is 30.1 Å². The number of hydrogen-bond donors (Lipinski definition) is 3. The van der Waals surface area contributed by atoms with E-state index < -0.39 is 26.3 Å². The van der Waals surface area contributed by atoms with E-state index in [4.69, 9.17) is 15.3 Å². The van der Waals surface area contributed by atoms with Gasteiger partial charge in [0.25, 0.3) is 0 Å². The van der Waals surface area contributed by atoms with E-state index in [9.17, 15) is 14.2 Å². The van der Waals surface area contributed by atoms with Crippen LogP contribution in [0.3, 0.4) is 0 Å². The lowest BCUT2D eigenvalue weighted by Gasteiger charge is -2.23. The van der Waals surface area contributed by atoms with Gasteiger partial charge in [-0.1, -0.05) is 0 Å². The summed E-state index contributed by atoms with van der Waals surface area (Å²) in [5, 5.41) is 26.9. The molecule has 8 heteroatoms. The third-order valence-corrected chi connectivity index (χ3v) is 4.55. The molecule has 1 atom stereocenters. The Hall–Kier alpha value is -1.17. The number of aliphatic hydroxyl groups is 1. The predicted molar refractivity (Wildman–Crippen MR) is 80.3 cm³/mol. The molecule has 0 radical (unpaired) electrons. The Kier molecular flexibility index (Phi) is 8.47. The molecule has 122 valence electrons. The van der Waals surface area contributed by atoms with Gasteiger partial charge in [-0.15, -0.1) is 0 Å². The number of aliphatic carboxylic acids is 2. The molecule has 0 bridgehead atoms. The number of carboxylic acids is 2. The van der Waals surface area contributed by atoms with Crippen molar-refractivity contribution >= 4 is 19.7 Å². The summed E-state index contributed by atoms with van der Waals surface area (Å²) in [6, 6.07) is 0. The maximum Gasteiger partial charge on any atom is 0.332 e. The van der Waals surface area contributed by atoms with Crippen molar-refractivity contribution in [3.8, 4) is 0 Å². The summed E-state index contributed by atoms with van der Waals surface area (Å²) in [5.74, 6) is -2.69. The van der Waals surface area contributed by atoms with Crippen LogP contribution in [0.25, 0.3) is 0 Å². The number of hydrogen-bond acceptors (Lipinski definition) is 4. The van der Waals surface area contributed by atoms with Crippen molar-refractivity contribution < 1.29 is 34.0 Å². The number of nitrogens with zero attached hydrogens (tertiary/aromatic N) is 1. The molecule has 0 saturated carbocycles. The van der Waals surface area contributed by atoms with Gasteiger partial charge < -0.3 is 24.4 Å². The first-order valence-corrected chi connectivity index (χ1v) is 8.52. The maximum absolute atomic E-state index is 11.9. The number of rotatable bonds is 10. The Morgan fingerprint density at radius 1 is 0.952 bits per heavy atom. The second-order valence-electron chi connectivity index (χ2n) is 5.84. The van der Waals surface area contributed by atoms with Crippen LogP contribution < -0.4 is 0 Å². The molecule has 0 amide bonds. The third-order valence-electron chi connectivity index (χ3n) is 2.96. The zero-order valence-corrected chi connectivity index (χ0v) is 13.8. The number of aliphatic hydroxyl groups excluding tert-OH is 1. The molecule has 0 aliphatic rings. The summed E-state index contributed by atoms with van der Waals surface area (Å²) in [4.78, 5) is 22.2. The molecule has 0 rings (SSSR count). The summed E-state index contributed by atoms with van der Waals surface area (Å²) >= 11 is 0. The van der Waals surface area contributed by atoms with Crippen LogP contribution in [0.15, 0.2) is 11.1 Å². The molecule has 0 heterocycles. The van der Waals surface area contributed by atoms with Gasteiger partial charge in [0.05, 0.1) is 35.5 Å². The highest BCUT2D eigenvalue weighted by Gasteiger charge is 2.20. The Bertz CT molecular complexity index is 438. The van der Waals surface area contributed by atoms with Gasteiger partial charge in [0.2, 0.25) is 0 Å². The van der Waals surface area contributed by atoms with Crippen molar-refractivity contribution in [3.63, 3.8) is 0 Å². The van der Waals surface area contributed by atoms with Gasteiger partial charge in [0.15, 0.2) is 0 Å². The van der Waals surface area contributed by atoms with Gasteiger partial charge in [-0.05, 0) is 6.42 Å². The van der Waals surface area contributed by atoms with E-state index in [1.807, 2.05) is 21.1 Å². The van der Waals surface area contributed by atoms with Crippen LogP contribution in [0, 0.1) is 0 Å². The van der Waals surface area contributed by atoms with E-state index >= 15 is 0 Å². The van der Waals surface area contributed by atoms with Crippen LogP contribution in [0.1, 0.15) is 12.8 Å². The molecule has 1 unspecified atom stereocenters. The first kappa shape index (κ1) is 19.8. The summed E-state index contributed by atoms with van der Waals surface area (Å²) in [5.41, 5.74) is -0.577. The van der Waals surface area contributed by atoms with Crippen molar-refractivity contribution in [2.75, 3.05) is 46.6 Å². The van der Waals surface area contributed by atoms with Crippen molar-refractivity contribution in [3.05, 3.63) is 11.1 Å². The normalized spacial score (nSPS) is 14.5. The summed E-state index contributed by atoms with van der Waals surface area (Å²) < 4.78 is 12.6. The zero-order valence-electron chi connectivity index (χ0n) is 12.8. The topological polar surface area (TPSA) is 112 Å². The lowest BCUT2D eigenvalue weighted by atomic mass is 10.0. The lowest BCUT2D eigenvalue weighted by Crippen LogP contribution is -2.36. The Morgan fingerprint density at radius 3 is 1.81 bits per heavy atom. The van der Waals surface area contributed by atoms with Gasteiger partial charge in [0.1, 0.15) is 0 Å². The maximum atomic E-state index is 11.9. The quantitative estimate of drug-likeness (QED) is 0.307. The van der Waals surface area contributed by atoms with E-state index in [0.717, 1.165) is 0 Å². The fourth-order valence-electron chi connectivity index (χ4n) is 1.74. The van der Waals surface area contributed by atoms with Crippen molar-refractivity contribution in [1.29, 1.82) is 0 Å². The van der Waals surface area contributed by atoms with E-state index in [1.165, 1.54) is 0 Å². The molecule has 0 aliphatic carbocycles. The predicted octanol–water partition coefficient (Wildman–Crippen LogP) is 0.491.